The number of rotatable bonds is 53. The summed E-state index contributed by atoms with van der Waals surface area (Å²) in [6.07, 6.45) is 64.9. The van der Waals surface area contributed by atoms with Gasteiger partial charge in [0, 0.05) is 12.8 Å². The van der Waals surface area contributed by atoms with Gasteiger partial charge in [-0.2, -0.15) is 0 Å². The van der Waals surface area contributed by atoms with Crippen molar-refractivity contribution in [3.8, 4) is 0 Å². The summed E-state index contributed by atoms with van der Waals surface area (Å²) in [4.78, 5) is 24.5. The maximum atomic E-state index is 12.5. The van der Waals surface area contributed by atoms with E-state index in [0.29, 0.717) is 19.4 Å². The summed E-state index contributed by atoms with van der Waals surface area (Å²) in [5.74, 6) is -0.137. The van der Waals surface area contributed by atoms with Gasteiger partial charge < -0.3 is 20.3 Å². The van der Waals surface area contributed by atoms with Crippen LogP contribution in [0.4, 0.5) is 0 Å². The third-order valence-electron chi connectivity index (χ3n) is 13.2. The first-order chi connectivity index (χ1) is 31.5. The third kappa shape index (κ3) is 49.8. The van der Waals surface area contributed by atoms with Gasteiger partial charge in [-0.1, -0.05) is 263 Å². The lowest BCUT2D eigenvalue weighted by Gasteiger charge is -2.20. The number of allylic oxidation sites excluding steroid dienone is 3. The first-order valence-corrected chi connectivity index (χ1v) is 28.6. The fourth-order valence-electron chi connectivity index (χ4n) is 8.81. The van der Waals surface area contributed by atoms with Gasteiger partial charge in [0.15, 0.2) is 0 Å². The minimum absolute atomic E-state index is 0.0363. The van der Waals surface area contributed by atoms with Crippen LogP contribution >= 0.6 is 0 Å². The topological polar surface area (TPSA) is 95.9 Å². The summed E-state index contributed by atoms with van der Waals surface area (Å²) in [7, 11) is 0. The Morgan fingerprint density at radius 3 is 1.11 bits per heavy atom. The van der Waals surface area contributed by atoms with Crippen molar-refractivity contribution in [2.45, 2.75) is 321 Å². The Morgan fingerprint density at radius 1 is 0.422 bits per heavy atom. The molecule has 3 N–H and O–H groups in total. The van der Waals surface area contributed by atoms with E-state index in [-0.39, 0.29) is 18.5 Å². The van der Waals surface area contributed by atoms with E-state index < -0.39 is 12.1 Å². The van der Waals surface area contributed by atoms with E-state index in [0.717, 1.165) is 77.0 Å². The van der Waals surface area contributed by atoms with Gasteiger partial charge in [0.2, 0.25) is 5.91 Å². The predicted molar refractivity (Wildman–Crippen MR) is 278 cm³/mol. The summed E-state index contributed by atoms with van der Waals surface area (Å²) in [6, 6.07) is -0.653. The molecule has 6 nitrogen and oxygen atoms in total. The number of aliphatic hydroxyl groups excluding tert-OH is 2. The Balaban J connectivity index is 3.54. The molecule has 378 valence electrons. The van der Waals surface area contributed by atoms with Crippen LogP contribution in [0, 0.1) is 0 Å². The number of carbonyl (C=O) groups is 2. The van der Waals surface area contributed by atoms with Gasteiger partial charge in [-0.25, -0.2) is 0 Å². The molecule has 0 aromatic rings. The van der Waals surface area contributed by atoms with Crippen molar-refractivity contribution >= 4 is 11.9 Å². The number of hydrogen-bond acceptors (Lipinski definition) is 5. The van der Waals surface area contributed by atoms with Crippen LogP contribution in [0.25, 0.3) is 0 Å². The molecule has 6 heteroatoms. The van der Waals surface area contributed by atoms with Crippen LogP contribution in [0.3, 0.4) is 0 Å². The van der Waals surface area contributed by atoms with Crippen molar-refractivity contribution in [3.05, 3.63) is 24.3 Å². The highest BCUT2D eigenvalue weighted by atomic mass is 16.5. The van der Waals surface area contributed by atoms with Crippen LogP contribution in [0.1, 0.15) is 309 Å². The van der Waals surface area contributed by atoms with E-state index in [2.05, 4.69) is 31.3 Å². The highest BCUT2D eigenvalue weighted by Gasteiger charge is 2.18. The number of unbranched alkanes of at least 4 members (excludes halogenated alkanes) is 40. The molecule has 2 atom stereocenters. The maximum Gasteiger partial charge on any atom is 0.305 e. The molecule has 0 aromatic heterocycles. The molecule has 2 unspecified atom stereocenters. The Hall–Kier alpha value is -1.66. The van der Waals surface area contributed by atoms with Gasteiger partial charge in [0.1, 0.15) is 0 Å². The molecule has 0 bridgehead atoms. The van der Waals surface area contributed by atoms with Crippen LogP contribution in [-0.4, -0.2) is 47.4 Å². The van der Waals surface area contributed by atoms with Crippen molar-refractivity contribution in [2.75, 3.05) is 13.2 Å². The quantitative estimate of drug-likeness (QED) is 0.0321. The van der Waals surface area contributed by atoms with E-state index >= 15 is 0 Å². The van der Waals surface area contributed by atoms with Crippen LogP contribution in [0.15, 0.2) is 24.3 Å². The number of esters is 1. The first-order valence-electron chi connectivity index (χ1n) is 28.6. The monoisotopic (exact) mass is 902 g/mol. The summed E-state index contributed by atoms with van der Waals surface area (Å²) in [5.41, 5.74) is 0. The molecule has 1 amide bonds. The van der Waals surface area contributed by atoms with E-state index in [9.17, 15) is 19.8 Å². The SMILES string of the molecule is CCCCCCCCCCCCCCCCCCCCCCCC/C=C/C(O)C(CO)NC(=O)CCCCCC/C=C\CCCCOC(=O)CCCCCCCCCCCCCCC. The van der Waals surface area contributed by atoms with Crippen molar-refractivity contribution in [1.29, 1.82) is 0 Å². The molecular weight excluding hydrogens is 791 g/mol. The largest absolute Gasteiger partial charge is 0.466 e. The van der Waals surface area contributed by atoms with Gasteiger partial charge in [0.05, 0.1) is 25.4 Å². The van der Waals surface area contributed by atoms with Crippen LogP contribution in [0.5, 0.6) is 0 Å². The standard InChI is InChI=1S/C58H111NO5/c1-3-5-7-9-11-13-15-17-18-19-20-21-22-23-24-25-26-27-29-30-34-38-42-46-50-56(61)55(54-60)59-57(62)51-47-43-39-35-32-33-37-41-45-49-53-64-58(63)52-48-44-40-36-31-28-16-14-12-10-8-6-4-2/h33,37,46,50,55-56,60-61H,3-32,34-36,38-45,47-49,51-54H2,1-2H3,(H,59,62)/b37-33-,50-46+. The second kappa shape index (κ2) is 54.0. The number of ether oxygens (including phenoxy) is 1. The average Bonchev–Trinajstić information content (AvgIpc) is 3.29. The highest BCUT2D eigenvalue weighted by molar-refractivity contribution is 5.76. The first kappa shape index (κ1) is 62.3. The zero-order valence-corrected chi connectivity index (χ0v) is 43.0. The lowest BCUT2D eigenvalue weighted by molar-refractivity contribution is -0.143. The molecule has 0 saturated heterocycles. The van der Waals surface area contributed by atoms with Crippen molar-refractivity contribution in [3.63, 3.8) is 0 Å². The van der Waals surface area contributed by atoms with Crippen molar-refractivity contribution in [1.82, 2.24) is 5.32 Å². The minimum Gasteiger partial charge on any atom is -0.466 e. The van der Waals surface area contributed by atoms with E-state index in [1.54, 1.807) is 6.08 Å². The van der Waals surface area contributed by atoms with Gasteiger partial charge in [-0.15, -0.1) is 0 Å². The zero-order valence-electron chi connectivity index (χ0n) is 43.0. The summed E-state index contributed by atoms with van der Waals surface area (Å²) in [6.45, 7) is 4.83. The number of nitrogens with one attached hydrogen (secondary N) is 1. The normalized spacial score (nSPS) is 12.8. The van der Waals surface area contributed by atoms with E-state index in [4.69, 9.17) is 4.74 Å². The van der Waals surface area contributed by atoms with Gasteiger partial charge in [-0.05, 0) is 57.8 Å². The summed E-state index contributed by atoms with van der Waals surface area (Å²) < 4.78 is 5.43. The molecule has 0 fully saturated rings. The predicted octanol–water partition coefficient (Wildman–Crippen LogP) is 17.5. The second-order valence-electron chi connectivity index (χ2n) is 19.6. The van der Waals surface area contributed by atoms with Crippen molar-refractivity contribution in [2.24, 2.45) is 0 Å². The Bertz CT molecular complexity index is 997. The van der Waals surface area contributed by atoms with Crippen LogP contribution in [0.2, 0.25) is 0 Å². The fourth-order valence-corrected chi connectivity index (χ4v) is 8.81. The molecule has 0 aromatic carbocycles. The lowest BCUT2D eigenvalue weighted by Crippen LogP contribution is -2.45. The van der Waals surface area contributed by atoms with Crippen molar-refractivity contribution < 1.29 is 24.5 Å². The molecule has 0 spiro atoms. The van der Waals surface area contributed by atoms with Crippen LogP contribution in [-0.2, 0) is 14.3 Å². The number of hydrogen-bond donors (Lipinski definition) is 3. The number of aliphatic hydroxyl groups is 2. The summed E-state index contributed by atoms with van der Waals surface area (Å²) in [5, 5.41) is 23.1. The molecule has 0 aliphatic rings. The molecule has 64 heavy (non-hydrogen) atoms. The highest BCUT2D eigenvalue weighted by Crippen LogP contribution is 2.17. The average molecular weight is 903 g/mol. The zero-order chi connectivity index (χ0) is 46.5. The van der Waals surface area contributed by atoms with Gasteiger partial charge in [-0.3, -0.25) is 9.59 Å². The molecule has 0 saturated carbocycles. The smallest absolute Gasteiger partial charge is 0.305 e. The second-order valence-corrected chi connectivity index (χ2v) is 19.6. The Morgan fingerprint density at radius 2 is 0.734 bits per heavy atom. The van der Waals surface area contributed by atoms with E-state index in [1.807, 2.05) is 6.08 Å². The Labute approximate surface area is 399 Å². The molecule has 0 aliphatic heterocycles. The summed E-state index contributed by atoms with van der Waals surface area (Å²) >= 11 is 0. The van der Waals surface area contributed by atoms with E-state index in [1.165, 1.54) is 205 Å². The van der Waals surface area contributed by atoms with Crippen LogP contribution < -0.4 is 5.32 Å². The molecule has 0 aliphatic carbocycles. The molecule has 0 heterocycles. The van der Waals surface area contributed by atoms with Gasteiger partial charge >= 0.3 is 5.97 Å². The fraction of sp³-hybridized carbons (Fsp3) is 0.897. The lowest BCUT2D eigenvalue weighted by atomic mass is 10.0. The number of amides is 1. The molecule has 0 radical (unpaired) electrons. The third-order valence-corrected chi connectivity index (χ3v) is 13.2. The minimum atomic E-state index is -0.866. The molecular formula is C58H111NO5. The van der Waals surface area contributed by atoms with Gasteiger partial charge in [0.25, 0.3) is 0 Å². The number of carbonyl (C=O) groups excluding carboxylic acids is 2. The molecule has 0 rings (SSSR count). The Kier molecular flexibility index (Phi) is 52.6. The maximum absolute atomic E-state index is 12.5.